The van der Waals surface area contributed by atoms with E-state index in [2.05, 4.69) is 210 Å². The van der Waals surface area contributed by atoms with Gasteiger partial charge in [0.2, 0.25) is 0 Å². The Hall–Kier alpha value is -7.20. The van der Waals surface area contributed by atoms with Crippen LogP contribution in [0.15, 0.2) is 200 Å². The normalized spacial score (nSPS) is 12.1. The second kappa shape index (κ2) is 16.1. The number of pyridine rings is 1. The van der Waals surface area contributed by atoms with Gasteiger partial charge < -0.3 is 19.1 Å². The van der Waals surface area contributed by atoms with Crippen LogP contribution in [0.3, 0.4) is 0 Å². The summed E-state index contributed by atoms with van der Waals surface area (Å²) in [4.78, 5) is 9.50. The molecule has 0 spiro atoms. The van der Waals surface area contributed by atoms with E-state index in [1.54, 1.807) is 0 Å². The zero-order valence-electron chi connectivity index (χ0n) is 33.1. The molecule has 5 nitrogen and oxygen atoms in total. The molecular formula is C55H37N4OPt-3. The zero-order valence-corrected chi connectivity index (χ0v) is 35.4. The number of hydrogen-bond acceptors (Lipinski definition) is 4. The quantitative estimate of drug-likeness (QED) is 0.142. The van der Waals surface area contributed by atoms with Crippen molar-refractivity contribution in [3.63, 3.8) is 0 Å². The van der Waals surface area contributed by atoms with Gasteiger partial charge in [-0.15, -0.1) is 48.1 Å². The third-order valence-electron chi connectivity index (χ3n) is 11.3. The molecule has 6 heteroatoms. The molecule has 10 aromatic rings. The van der Waals surface area contributed by atoms with Gasteiger partial charge in [0.1, 0.15) is 5.82 Å². The number of rotatable bonds is 8. The fourth-order valence-electron chi connectivity index (χ4n) is 8.50. The van der Waals surface area contributed by atoms with Crippen LogP contribution in [0.4, 0.5) is 22.7 Å². The molecule has 0 bridgehead atoms. The third-order valence-corrected chi connectivity index (χ3v) is 11.3. The van der Waals surface area contributed by atoms with Crippen molar-refractivity contribution in [3.05, 3.63) is 225 Å². The van der Waals surface area contributed by atoms with Crippen LogP contribution in [0.5, 0.6) is 11.5 Å². The van der Waals surface area contributed by atoms with Crippen LogP contribution in [0.25, 0.3) is 61.0 Å². The second-order valence-electron chi connectivity index (χ2n) is 14.9. The van der Waals surface area contributed by atoms with E-state index in [4.69, 9.17) is 9.72 Å². The summed E-state index contributed by atoms with van der Waals surface area (Å²) in [6.45, 7) is 4.31. The number of anilines is 4. The van der Waals surface area contributed by atoms with Crippen LogP contribution < -0.4 is 14.5 Å². The van der Waals surface area contributed by atoms with Crippen LogP contribution in [0.1, 0.15) is 5.56 Å². The van der Waals surface area contributed by atoms with Crippen molar-refractivity contribution in [1.82, 2.24) is 9.55 Å². The molecule has 0 atom stereocenters. The van der Waals surface area contributed by atoms with Crippen molar-refractivity contribution in [3.8, 4) is 50.7 Å². The summed E-state index contributed by atoms with van der Waals surface area (Å²) in [6.07, 6.45) is 1.97. The predicted molar refractivity (Wildman–Crippen MR) is 245 cm³/mol. The van der Waals surface area contributed by atoms with E-state index in [-0.39, 0.29) is 21.1 Å². The number of ether oxygens (including phenoxy) is 1. The Balaban J connectivity index is 0.00000445. The minimum absolute atomic E-state index is 0. The van der Waals surface area contributed by atoms with Gasteiger partial charge in [0.15, 0.2) is 0 Å². The summed E-state index contributed by atoms with van der Waals surface area (Å²) < 4.78 is 8.81. The molecule has 61 heavy (non-hydrogen) atoms. The molecule has 3 heterocycles. The topological polar surface area (TPSA) is 33.5 Å². The van der Waals surface area contributed by atoms with Crippen LogP contribution >= 0.6 is 0 Å². The molecule has 0 saturated heterocycles. The molecule has 0 N–H and O–H groups in total. The maximum Gasteiger partial charge on any atom is 0.135 e. The monoisotopic (exact) mass is 964 g/mol. The molecule has 0 fully saturated rings. The van der Waals surface area contributed by atoms with E-state index in [1.807, 2.05) is 30.5 Å². The smallest absolute Gasteiger partial charge is 0.135 e. The largest absolute Gasteiger partial charge is 0.509 e. The Labute approximate surface area is 370 Å². The summed E-state index contributed by atoms with van der Waals surface area (Å²) in [5, 5.41) is 2.21. The number of benzene rings is 8. The van der Waals surface area contributed by atoms with Crippen molar-refractivity contribution in [1.29, 1.82) is 0 Å². The van der Waals surface area contributed by atoms with Gasteiger partial charge >= 0.3 is 0 Å². The first-order valence-corrected chi connectivity index (χ1v) is 20.1. The molecule has 0 saturated carbocycles. The molecule has 11 rings (SSSR count). The minimum atomic E-state index is 0. The molecule has 0 unspecified atom stereocenters. The van der Waals surface area contributed by atoms with Crippen molar-refractivity contribution in [2.45, 2.75) is 6.92 Å². The standard InChI is InChI=1S/C55H37N4O.Pt/c1-38-33-54(56-36-49(38)41-21-9-4-10-22-41)59-50-28-12-11-25-47(50)48-32-31-44(35-53(48)59)60-43-24-15-23-42(34-43)57-37-58(52-30-14-13-29-51(52)57)55-45(39-17-5-2-6-18-39)26-16-27-46(55)40-19-7-3-8-20-40;/h2-33,36-37H,1H3;/q-3;. The second-order valence-corrected chi connectivity index (χ2v) is 14.9. The Kier molecular flexibility index (Phi) is 10.0. The fourth-order valence-corrected chi connectivity index (χ4v) is 8.50. The molecule has 0 radical (unpaired) electrons. The first-order valence-electron chi connectivity index (χ1n) is 20.1. The third kappa shape index (κ3) is 6.87. The number of nitrogens with zero attached hydrogens (tertiary/aromatic N) is 4. The minimum Gasteiger partial charge on any atom is -0.509 e. The van der Waals surface area contributed by atoms with Crippen molar-refractivity contribution in [2.75, 3.05) is 9.80 Å². The van der Waals surface area contributed by atoms with Gasteiger partial charge in [0, 0.05) is 78.0 Å². The van der Waals surface area contributed by atoms with Gasteiger partial charge in [-0.05, 0) is 58.8 Å². The molecule has 0 aliphatic carbocycles. The summed E-state index contributed by atoms with van der Waals surface area (Å²) in [5.74, 6) is 2.01. The van der Waals surface area contributed by atoms with E-state index in [0.29, 0.717) is 11.5 Å². The Morgan fingerprint density at radius 2 is 1.08 bits per heavy atom. The molecule has 296 valence electrons. The van der Waals surface area contributed by atoms with E-state index in [0.717, 1.165) is 89.3 Å². The predicted octanol–water partition coefficient (Wildman–Crippen LogP) is 14.3. The van der Waals surface area contributed by atoms with Gasteiger partial charge in [-0.2, -0.15) is 12.1 Å². The average Bonchev–Trinajstić information content (AvgIpc) is 3.86. The SMILES string of the molecule is Cc1cc(-n2c3[c-]c(Oc4[c-]c(N5[CH-]N(c6c(-c7ccccc7)cccc6-c6ccccc6)c6ccccc65)ccc4)ccc3c3ccccc32)ncc1-c1ccccc1.[Pt]. The first kappa shape index (κ1) is 38.0. The van der Waals surface area contributed by atoms with Crippen LogP contribution in [0.2, 0.25) is 0 Å². The van der Waals surface area contributed by atoms with Crippen LogP contribution in [-0.2, 0) is 21.1 Å². The van der Waals surface area contributed by atoms with Crippen molar-refractivity contribution >= 4 is 44.6 Å². The molecule has 1 aliphatic rings. The maximum absolute atomic E-state index is 6.63. The number of para-hydroxylation sites is 4. The van der Waals surface area contributed by atoms with Crippen molar-refractivity contribution < 1.29 is 25.8 Å². The van der Waals surface area contributed by atoms with Gasteiger partial charge in [0.25, 0.3) is 0 Å². The number of aryl methyl sites for hydroxylation is 1. The van der Waals surface area contributed by atoms with Crippen molar-refractivity contribution in [2.24, 2.45) is 0 Å². The summed E-state index contributed by atoms with van der Waals surface area (Å²) >= 11 is 0. The maximum atomic E-state index is 6.63. The average molecular weight is 965 g/mol. The van der Waals surface area contributed by atoms with Gasteiger partial charge in [0.05, 0.1) is 0 Å². The number of fused-ring (bicyclic) bond motifs is 4. The van der Waals surface area contributed by atoms with E-state index >= 15 is 0 Å². The fraction of sp³-hybridized carbons (Fsp3) is 0.0182. The molecule has 0 amide bonds. The van der Waals surface area contributed by atoms with E-state index in [9.17, 15) is 0 Å². The summed E-state index contributed by atoms with van der Waals surface area (Å²) in [5.41, 5.74) is 14.0. The van der Waals surface area contributed by atoms with Gasteiger partial charge in [-0.25, -0.2) is 4.98 Å². The molecule has 1 aliphatic heterocycles. The zero-order chi connectivity index (χ0) is 40.0. The van der Waals surface area contributed by atoms with E-state index < -0.39 is 0 Å². The van der Waals surface area contributed by atoms with Gasteiger partial charge in [-0.1, -0.05) is 145 Å². The Bertz CT molecular complexity index is 3130. The Morgan fingerprint density at radius 1 is 0.508 bits per heavy atom. The summed E-state index contributed by atoms with van der Waals surface area (Å²) in [7, 11) is 0. The first-order chi connectivity index (χ1) is 29.7. The van der Waals surface area contributed by atoms with Crippen LogP contribution in [0, 0.1) is 25.7 Å². The number of aromatic nitrogens is 2. The Morgan fingerprint density at radius 3 is 1.75 bits per heavy atom. The summed E-state index contributed by atoms with van der Waals surface area (Å²) in [6, 6.07) is 74.6. The van der Waals surface area contributed by atoms with E-state index in [1.165, 1.54) is 0 Å². The van der Waals surface area contributed by atoms with Gasteiger partial charge in [-0.3, -0.25) is 0 Å². The molecular weight excluding hydrogens is 928 g/mol. The molecule has 2 aromatic heterocycles. The number of hydrogen-bond donors (Lipinski definition) is 0. The molecule has 8 aromatic carbocycles. The van der Waals surface area contributed by atoms with Crippen LogP contribution in [-0.4, -0.2) is 9.55 Å².